The lowest BCUT2D eigenvalue weighted by Crippen LogP contribution is -2.16. The molecule has 34 heavy (non-hydrogen) atoms. The van der Waals surface area contributed by atoms with Crippen molar-refractivity contribution in [3.05, 3.63) is 78.0 Å². The van der Waals surface area contributed by atoms with Crippen LogP contribution >= 0.6 is 0 Å². The molecule has 9 heteroatoms. The van der Waals surface area contributed by atoms with E-state index in [4.69, 9.17) is 4.74 Å². The Balaban J connectivity index is 1.58. The first-order chi connectivity index (χ1) is 16.6. The van der Waals surface area contributed by atoms with Crippen LogP contribution < -0.4 is 10.1 Å². The summed E-state index contributed by atoms with van der Waals surface area (Å²) in [6.07, 6.45) is 0. The minimum atomic E-state index is -0.306. The summed E-state index contributed by atoms with van der Waals surface area (Å²) in [6, 6.07) is 22.6. The third kappa shape index (κ3) is 3.53. The molecule has 9 nitrogen and oxygen atoms in total. The first kappa shape index (κ1) is 20.9. The van der Waals surface area contributed by atoms with Gasteiger partial charge in [0.15, 0.2) is 0 Å². The van der Waals surface area contributed by atoms with Crippen LogP contribution in [0, 0.1) is 11.3 Å². The van der Waals surface area contributed by atoms with E-state index in [0.29, 0.717) is 22.5 Å². The predicted octanol–water partition coefficient (Wildman–Crippen LogP) is 4.16. The molecule has 5 aromatic rings. The van der Waals surface area contributed by atoms with Crippen molar-refractivity contribution in [1.82, 2.24) is 25.2 Å². The van der Waals surface area contributed by atoms with Crippen LogP contribution in [0.15, 0.2) is 66.7 Å². The van der Waals surface area contributed by atoms with Gasteiger partial charge in [-0.05, 0) is 35.5 Å². The number of rotatable bonds is 5. The van der Waals surface area contributed by atoms with Crippen LogP contribution in [0.1, 0.15) is 16.1 Å². The molecule has 3 aromatic carbocycles. The van der Waals surface area contributed by atoms with E-state index in [-0.39, 0.29) is 11.7 Å². The van der Waals surface area contributed by atoms with E-state index in [9.17, 15) is 10.1 Å². The maximum atomic E-state index is 13.4. The number of hydrogen-bond donors (Lipinski definition) is 2. The molecule has 0 saturated carbocycles. The van der Waals surface area contributed by atoms with Crippen LogP contribution in [-0.4, -0.2) is 38.2 Å². The number of carbonyl (C=O) groups is 1. The summed E-state index contributed by atoms with van der Waals surface area (Å²) in [6.45, 7) is 0. The van der Waals surface area contributed by atoms with Crippen LogP contribution in [0.25, 0.3) is 33.4 Å². The number of benzene rings is 3. The zero-order chi connectivity index (χ0) is 23.7. The van der Waals surface area contributed by atoms with Crippen LogP contribution in [0.4, 0.5) is 5.69 Å². The van der Waals surface area contributed by atoms with Crippen molar-refractivity contribution in [3.8, 4) is 34.3 Å². The zero-order valence-corrected chi connectivity index (χ0v) is 18.4. The molecule has 2 aromatic heterocycles. The van der Waals surface area contributed by atoms with Gasteiger partial charge in [0.05, 0.1) is 29.9 Å². The molecule has 0 aliphatic rings. The molecule has 0 bridgehead atoms. The van der Waals surface area contributed by atoms with Crippen LogP contribution in [0.3, 0.4) is 0 Å². The fraction of sp³-hybridized carbons (Fsp3) is 0.0800. The van der Waals surface area contributed by atoms with Gasteiger partial charge in [-0.1, -0.05) is 36.4 Å². The van der Waals surface area contributed by atoms with Crippen LogP contribution in [-0.2, 0) is 7.05 Å². The average molecular weight is 449 g/mol. The number of aryl methyl sites for hydroxylation is 1. The minimum Gasteiger partial charge on any atom is -0.496 e. The Morgan fingerprint density at radius 2 is 1.88 bits per heavy atom. The van der Waals surface area contributed by atoms with Gasteiger partial charge in [-0.2, -0.15) is 10.5 Å². The Bertz CT molecular complexity index is 1560. The van der Waals surface area contributed by atoms with E-state index in [0.717, 1.165) is 27.8 Å². The lowest BCUT2D eigenvalue weighted by Gasteiger charge is -2.12. The monoisotopic (exact) mass is 449 g/mol. The number of anilines is 1. The van der Waals surface area contributed by atoms with Gasteiger partial charge in [0.25, 0.3) is 5.91 Å². The third-order valence-electron chi connectivity index (χ3n) is 5.67. The van der Waals surface area contributed by atoms with Gasteiger partial charge in [-0.25, -0.2) is 0 Å². The van der Waals surface area contributed by atoms with E-state index >= 15 is 0 Å². The Labute approximate surface area is 194 Å². The number of hydrogen-bond acceptors (Lipinski definition) is 6. The topological polar surface area (TPSA) is 122 Å². The van der Waals surface area contributed by atoms with Gasteiger partial charge in [0, 0.05) is 29.1 Å². The standard InChI is InChI=1S/C25H19N7O2/c1-32-21(13-16-6-5-8-18(23(16)32)17-7-3-4-9-22(17)34-2)25(33)27-20-11-10-15(14-26)12-19(20)24-28-30-31-29-24/h3-13H,1-2H3,(H,27,33)(H,28,29,30,31). The largest absolute Gasteiger partial charge is 0.496 e. The Morgan fingerprint density at radius 1 is 1.06 bits per heavy atom. The molecular formula is C25H19N7O2. The molecule has 5 rings (SSSR count). The maximum Gasteiger partial charge on any atom is 0.272 e. The Hall–Kier alpha value is -4.97. The first-order valence-electron chi connectivity index (χ1n) is 10.4. The van der Waals surface area contributed by atoms with Gasteiger partial charge < -0.3 is 14.6 Å². The molecule has 0 spiro atoms. The minimum absolute atomic E-state index is 0.280. The number of carbonyl (C=O) groups excluding carboxylic acids is 1. The molecule has 0 radical (unpaired) electrons. The predicted molar refractivity (Wildman–Crippen MR) is 127 cm³/mol. The fourth-order valence-corrected chi connectivity index (χ4v) is 4.09. The van der Waals surface area contributed by atoms with Crippen molar-refractivity contribution in [2.24, 2.45) is 7.05 Å². The van der Waals surface area contributed by atoms with E-state index in [1.807, 2.05) is 60.1 Å². The SMILES string of the molecule is COc1ccccc1-c1cccc2cc(C(=O)Nc3ccc(C#N)cc3-c3nn[nH]n3)n(C)c12. The summed E-state index contributed by atoms with van der Waals surface area (Å²) in [5, 5.41) is 27.1. The normalized spacial score (nSPS) is 10.7. The molecule has 0 aliphatic heterocycles. The molecular weight excluding hydrogens is 430 g/mol. The molecule has 0 saturated heterocycles. The molecule has 1 amide bonds. The highest BCUT2D eigenvalue weighted by Crippen LogP contribution is 2.36. The third-order valence-corrected chi connectivity index (χ3v) is 5.67. The molecule has 0 fully saturated rings. The number of aromatic amines is 1. The molecule has 0 aliphatic carbocycles. The van der Waals surface area contributed by atoms with Gasteiger partial charge in [0.1, 0.15) is 11.4 Å². The molecule has 0 unspecified atom stereocenters. The second-order valence-electron chi connectivity index (χ2n) is 7.59. The van der Waals surface area contributed by atoms with E-state index < -0.39 is 0 Å². The number of nitrogens with zero attached hydrogens (tertiary/aromatic N) is 5. The molecule has 2 N–H and O–H groups in total. The van der Waals surface area contributed by atoms with Gasteiger partial charge >= 0.3 is 0 Å². The number of fused-ring (bicyclic) bond motifs is 1. The smallest absolute Gasteiger partial charge is 0.272 e. The Kier molecular flexibility index (Phi) is 5.24. The van der Waals surface area contributed by atoms with Gasteiger partial charge in [0.2, 0.25) is 5.82 Å². The van der Waals surface area contributed by atoms with E-state index in [2.05, 4.69) is 32.0 Å². The van der Waals surface area contributed by atoms with E-state index in [1.54, 1.807) is 25.3 Å². The van der Waals surface area contributed by atoms with Crippen LogP contribution in [0.2, 0.25) is 0 Å². The van der Waals surface area contributed by atoms with Gasteiger partial charge in [-0.15, -0.1) is 10.2 Å². The highest BCUT2D eigenvalue weighted by Gasteiger charge is 2.20. The summed E-state index contributed by atoms with van der Waals surface area (Å²) < 4.78 is 7.42. The first-order valence-corrected chi connectivity index (χ1v) is 10.4. The van der Waals surface area contributed by atoms with E-state index in [1.165, 1.54) is 0 Å². The molecule has 166 valence electrons. The second kappa shape index (κ2) is 8.52. The van der Waals surface area contributed by atoms with Crippen molar-refractivity contribution >= 4 is 22.5 Å². The second-order valence-corrected chi connectivity index (χ2v) is 7.59. The lowest BCUT2D eigenvalue weighted by atomic mass is 10.0. The average Bonchev–Trinajstić information content (AvgIpc) is 3.53. The van der Waals surface area contributed by atoms with Crippen molar-refractivity contribution in [3.63, 3.8) is 0 Å². The lowest BCUT2D eigenvalue weighted by molar-refractivity contribution is 0.102. The fourth-order valence-electron chi connectivity index (χ4n) is 4.09. The number of tetrazole rings is 1. The number of nitrogens with one attached hydrogen (secondary N) is 2. The quantitative estimate of drug-likeness (QED) is 0.416. The Morgan fingerprint density at radius 3 is 2.65 bits per heavy atom. The summed E-state index contributed by atoms with van der Waals surface area (Å²) in [5.74, 6) is 0.728. The number of ether oxygens (including phenoxy) is 1. The number of para-hydroxylation sites is 2. The van der Waals surface area contributed by atoms with Crippen molar-refractivity contribution in [2.45, 2.75) is 0 Å². The highest BCUT2D eigenvalue weighted by molar-refractivity contribution is 6.09. The van der Waals surface area contributed by atoms with Crippen molar-refractivity contribution in [1.29, 1.82) is 5.26 Å². The zero-order valence-electron chi connectivity index (χ0n) is 18.4. The maximum absolute atomic E-state index is 13.4. The van der Waals surface area contributed by atoms with Gasteiger partial charge in [-0.3, -0.25) is 4.79 Å². The number of H-pyrrole nitrogens is 1. The highest BCUT2D eigenvalue weighted by atomic mass is 16.5. The number of aromatic nitrogens is 5. The van der Waals surface area contributed by atoms with Crippen molar-refractivity contribution < 1.29 is 9.53 Å². The number of amides is 1. The summed E-state index contributed by atoms with van der Waals surface area (Å²) >= 11 is 0. The molecule has 2 heterocycles. The van der Waals surface area contributed by atoms with Crippen molar-refractivity contribution in [2.75, 3.05) is 12.4 Å². The summed E-state index contributed by atoms with van der Waals surface area (Å²) in [4.78, 5) is 13.4. The number of methoxy groups -OCH3 is 1. The summed E-state index contributed by atoms with van der Waals surface area (Å²) in [7, 11) is 3.50. The molecule has 0 atom stereocenters. The summed E-state index contributed by atoms with van der Waals surface area (Å²) in [5.41, 5.74) is 4.67. The van der Waals surface area contributed by atoms with Crippen LogP contribution in [0.5, 0.6) is 5.75 Å². The number of nitriles is 1.